The molecule has 1 saturated heterocycles. The van der Waals surface area contributed by atoms with E-state index in [0.29, 0.717) is 12.1 Å². The van der Waals surface area contributed by atoms with Crippen LogP contribution < -0.4 is 5.56 Å². The van der Waals surface area contributed by atoms with Crippen molar-refractivity contribution in [3.8, 4) is 0 Å². The Morgan fingerprint density at radius 1 is 1.56 bits per heavy atom. The van der Waals surface area contributed by atoms with Crippen LogP contribution in [-0.4, -0.2) is 48.5 Å². The summed E-state index contributed by atoms with van der Waals surface area (Å²) in [4.78, 5) is 21.9. The maximum atomic E-state index is 11.5. The van der Waals surface area contributed by atoms with Crippen LogP contribution in [0.15, 0.2) is 17.4 Å². The van der Waals surface area contributed by atoms with Crippen molar-refractivity contribution in [2.45, 2.75) is 24.9 Å². The van der Waals surface area contributed by atoms with Crippen LogP contribution in [0.25, 0.3) is 11.2 Å². The average molecular weight is 252 g/mol. The summed E-state index contributed by atoms with van der Waals surface area (Å²) in [6.45, 7) is -0.252. The molecule has 0 saturated carbocycles. The van der Waals surface area contributed by atoms with E-state index in [9.17, 15) is 9.90 Å². The third kappa shape index (κ3) is 1.62. The van der Waals surface area contributed by atoms with Gasteiger partial charge in [0.15, 0.2) is 11.2 Å². The number of nitrogens with one attached hydrogen (secondary N) is 1. The highest BCUT2D eigenvalue weighted by molar-refractivity contribution is 5.68. The summed E-state index contributed by atoms with van der Waals surface area (Å²) in [5.74, 6) is 0. The molecule has 2 aromatic rings. The summed E-state index contributed by atoms with van der Waals surface area (Å²) < 4.78 is 7.07. The van der Waals surface area contributed by atoms with Crippen LogP contribution in [0.2, 0.25) is 0 Å². The first-order valence-corrected chi connectivity index (χ1v) is 5.55. The maximum Gasteiger partial charge on any atom is 0.278 e. The molecule has 3 heterocycles. The number of aromatic amines is 1. The molecule has 8 heteroatoms. The monoisotopic (exact) mass is 252 g/mol. The fourth-order valence-electron chi connectivity index (χ4n) is 2.12. The van der Waals surface area contributed by atoms with Gasteiger partial charge in [-0.3, -0.25) is 9.36 Å². The zero-order chi connectivity index (χ0) is 12.7. The number of hydrogen-bond acceptors (Lipinski definition) is 6. The minimum atomic E-state index is -0.737. The SMILES string of the molecule is O=c1[nH]cnc2c1ncn2[C@H]1C[C@H](O)C(CO)O1. The number of aliphatic hydroxyl groups is 2. The molecule has 0 bridgehead atoms. The minimum absolute atomic E-state index is 0.225. The van der Waals surface area contributed by atoms with Crippen molar-refractivity contribution >= 4 is 11.2 Å². The van der Waals surface area contributed by atoms with E-state index in [-0.39, 0.29) is 17.7 Å². The number of aromatic nitrogens is 4. The van der Waals surface area contributed by atoms with Crippen LogP contribution in [0, 0.1) is 0 Å². The molecule has 1 aliphatic heterocycles. The molecule has 0 amide bonds. The predicted octanol–water partition coefficient (Wildman–Crippen LogP) is -1.24. The molecule has 0 radical (unpaired) electrons. The molecule has 1 aliphatic rings. The van der Waals surface area contributed by atoms with Gasteiger partial charge in [0.25, 0.3) is 5.56 Å². The highest BCUT2D eigenvalue weighted by atomic mass is 16.5. The first kappa shape index (κ1) is 11.3. The van der Waals surface area contributed by atoms with Crippen LogP contribution in [-0.2, 0) is 4.74 Å². The van der Waals surface area contributed by atoms with Crippen LogP contribution in [0.5, 0.6) is 0 Å². The molecular formula is C10H12N4O4. The van der Waals surface area contributed by atoms with Crippen molar-refractivity contribution in [2.24, 2.45) is 0 Å². The summed E-state index contributed by atoms with van der Waals surface area (Å²) in [7, 11) is 0. The first-order valence-electron chi connectivity index (χ1n) is 5.55. The lowest BCUT2D eigenvalue weighted by Crippen LogP contribution is -2.24. The molecule has 3 N–H and O–H groups in total. The first-order chi connectivity index (χ1) is 8.70. The van der Waals surface area contributed by atoms with Crippen LogP contribution in [0.3, 0.4) is 0 Å². The van der Waals surface area contributed by atoms with E-state index in [2.05, 4.69) is 15.0 Å². The van der Waals surface area contributed by atoms with E-state index in [1.165, 1.54) is 12.7 Å². The Labute approximate surface area is 101 Å². The second-order valence-electron chi connectivity index (χ2n) is 4.17. The Kier molecular flexibility index (Phi) is 2.62. The van der Waals surface area contributed by atoms with Crippen molar-refractivity contribution in [3.05, 3.63) is 23.0 Å². The molecule has 18 heavy (non-hydrogen) atoms. The van der Waals surface area contributed by atoms with Gasteiger partial charge in [0, 0.05) is 6.42 Å². The van der Waals surface area contributed by atoms with Gasteiger partial charge in [-0.15, -0.1) is 0 Å². The summed E-state index contributed by atoms with van der Waals surface area (Å²) >= 11 is 0. The summed E-state index contributed by atoms with van der Waals surface area (Å²) in [6.07, 6.45) is 1.23. The predicted molar refractivity (Wildman–Crippen MR) is 59.8 cm³/mol. The Balaban J connectivity index is 2.01. The smallest absolute Gasteiger partial charge is 0.278 e. The summed E-state index contributed by atoms with van der Waals surface area (Å²) in [5.41, 5.74) is 0.300. The van der Waals surface area contributed by atoms with E-state index in [1.807, 2.05) is 0 Å². The maximum absolute atomic E-state index is 11.5. The number of nitrogens with zero attached hydrogens (tertiary/aromatic N) is 3. The third-order valence-electron chi connectivity index (χ3n) is 3.06. The fourth-order valence-corrected chi connectivity index (χ4v) is 2.12. The van der Waals surface area contributed by atoms with E-state index in [0.717, 1.165) is 0 Å². The fraction of sp³-hybridized carbons (Fsp3) is 0.500. The molecule has 0 aromatic carbocycles. The molecule has 96 valence electrons. The zero-order valence-electron chi connectivity index (χ0n) is 9.35. The molecule has 8 nitrogen and oxygen atoms in total. The van der Waals surface area contributed by atoms with Crippen molar-refractivity contribution < 1.29 is 14.9 Å². The molecule has 3 rings (SSSR count). The topological polar surface area (TPSA) is 113 Å². The van der Waals surface area contributed by atoms with Crippen LogP contribution in [0.1, 0.15) is 12.6 Å². The lowest BCUT2D eigenvalue weighted by Gasteiger charge is -2.13. The Morgan fingerprint density at radius 3 is 3.11 bits per heavy atom. The van der Waals surface area contributed by atoms with Crippen LogP contribution in [0.4, 0.5) is 0 Å². The molecular weight excluding hydrogens is 240 g/mol. The highest BCUT2D eigenvalue weighted by Crippen LogP contribution is 2.29. The molecule has 0 aliphatic carbocycles. The number of aliphatic hydroxyl groups excluding tert-OH is 2. The normalized spacial score (nSPS) is 28.0. The quantitative estimate of drug-likeness (QED) is 0.616. The lowest BCUT2D eigenvalue weighted by molar-refractivity contribution is -0.0432. The zero-order valence-corrected chi connectivity index (χ0v) is 9.35. The lowest BCUT2D eigenvalue weighted by atomic mass is 10.2. The van der Waals surface area contributed by atoms with Gasteiger partial charge in [-0.2, -0.15) is 0 Å². The summed E-state index contributed by atoms with van der Waals surface area (Å²) in [6, 6.07) is 0. The van der Waals surface area contributed by atoms with Gasteiger partial charge in [0.2, 0.25) is 0 Å². The average Bonchev–Trinajstić information content (AvgIpc) is 2.93. The van der Waals surface area contributed by atoms with Gasteiger partial charge in [0.05, 0.1) is 25.4 Å². The van der Waals surface area contributed by atoms with Gasteiger partial charge in [0.1, 0.15) is 12.3 Å². The Morgan fingerprint density at radius 2 is 2.39 bits per heavy atom. The van der Waals surface area contributed by atoms with Crippen molar-refractivity contribution in [1.82, 2.24) is 19.5 Å². The molecule has 1 fully saturated rings. The number of fused-ring (bicyclic) bond motifs is 1. The van der Waals surface area contributed by atoms with Gasteiger partial charge in [-0.05, 0) is 0 Å². The number of rotatable bonds is 2. The van der Waals surface area contributed by atoms with Gasteiger partial charge >= 0.3 is 0 Å². The van der Waals surface area contributed by atoms with Crippen LogP contribution >= 0.6 is 0 Å². The van der Waals surface area contributed by atoms with E-state index in [4.69, 9.17) is 9.84 Å². The van der Waals surface area contributed by atoms with Crippen molar-refractivity contribution in [3.63, 3.8) is 0 Å². The van der Waals surface area contributed by atoms with Crippen molar-refractivity contribution in [2.75, 3.05) is 6.61 Å². The number of imidazole rings is 1. The molecule has 0 spiro atoms. The molecule has 1 unspecified atom stereocenters. The standard InChI is InChI=1S/C10H12N4O4/c15-2-6-5(16)1-7(18-6)14-4-13-8-9(14)11-3-12-10(8)17/h3-7,15-16H,1-2H2,(H,11,12,17)/t5-,6?,7+/m0/s1. The van der Waals surface area contributed by atoms with Crippen molar-refractivity contribution in [1.29, 1.82) is 0 Å². The molecule has 3 atom stereocenters. The number of hydrogen-bond donors (Lipinski definition) is 3. The largest absolute Gasteiger partial charge is 0.394 e. The second kappa shape index (κ2) is 4.16. The Hall–Kier alpha value is -1.77. The minimum Gasteiger partial charge on any atom is -0.394 e. The second-order valence-corrected chi connectivity index (χ2v) is 4.17. The van der Waals surface area contributed by atoms with Gasteiger partial charge < -0.3 is 19.9 Å². The third-order valence-corrected chi connectivity index (χ3v) is 3.06. The highest BCUT2D eigenvalue weighted by Gasteiger charge is 2.35. The van der Waals surface area contributed by atoms with Gasteiger partial charge in [-0.25, -0.2) is 9.97 Å². The number of H-pyrrole nitrogens is 1. The van der Waals surface area contributed by atoms with E-state index >= 15 is 0 Å². The Bertz CT molecular complexity index is 622. The summed E-state index contributed by atoms with van der Waals surface area (Å²) in [5, 5.41) is 18.7. The number of ether oxygens (including phenoxy) is 1. The molecule has 2 aromatic heterocycles. The van der Waals surface area contributed by atoms with Gasteiger partial charge in [-0.1, -0.05) is 0 Å². The van der Waals surface area contributed by atoms with E-state index < -0.39 is 18.4 Å². The van der Waals surface area contributed by atoms with E-state index in [1.54, 1.807) is 4.57 Å².